The van der Waals surface area contributed by atoms with Crippen LogP contribution in [0.15, 0.2) is 0 Å². The van der Waals surface area contributed by atoms with Crippen molar-refractivity contribution in [1.29, 1.82) is 0 Å². The Bertz CT molecular complexity index is 217. The maximum Gasteiger partial charge on any atom is 0.0192 e. The summed E-state index contributed by atoms with van der Waals surface area (Å²) in [6, 6.07) is 2.13. The van der Waals surface area contributed by atoms with Gasteiger partial charge >= 0.3 is 0 Å². The van der Waals surface area contributed by atoms with Crippen LogP contribution < -0.4 is 5.32 Å². The summed E-state index contributed by atoms with van der Waals surface area (Å²) in [5.41, 5.74) is 0. The van der Waals surface area contributed by atoms with Gasteiger partial charge in [0.2, 0.25) is 0 Å². The molecule has 4 atom stereocenters. The van der Waals surface area contributed by atoms with Gasteiger partial charge in [0.25, 0.3) is 0 Å². The zero-order chi connectivity index (χ0) is 13.5. The highest BCUT2D eigenvalue weighted by atomic mass is 15.2. The van der Waals surface area contributed by atoms with Crippen LogP contribution in [0.25, 0.3) is 0 Å². The summed E-state index contributed by atoms with van der Waals surface area (Å²) in [5, 5.41) is 3.67. The Morgan fingerprint density at radius 2 is 2.00 bits per heavy atom. The van der Waals surface area contributed by atoms with Crippen LogP contribution in [0, 0.1) is 5.92 Å². The molecule has 0 aliphatic heterocycles. The first-order valence-electron chi connectivity index (χ1n) is 7.99. The standard InChI is InChI=1S/C16H34N2/c1-6-8-14(3)17-12-15(4)18(5)16-10-7-9-13(2)11-16/h13-17H,6-12H2,1-5H3. The lowest BCUT2D eigenvalue weighted by atomic mass is 9.86. The zero-order valence-electron chi connectivity index (χ0n) is 13.2. The number of rotatable bonds is 7. The third-order valence-electron chi connectivity index (χ3n) is 4.66. The molecule has 0 heterocycles. The average Bonchev–Trinajstić information content (AvgIpc) is 2.35. The summed E-state index contributed by atoms with van der Waals surface area (Å²) < 4.78 is 0. The molecule has 2 nitrogen and oxygen atoms in total. The number of nitrogens with zero attached hydrogens (tertiary/aromatic N) is 1. The van der Waals surface area contributed by atoms with E-state index in [4.69, 9.17) is 0 Å². The lowest BCUT2D eigenvalue weighted by molar-refractivity contribution is 0.123. The van der Waals surface area contributed by atoms with Crippen LogP contribution in [0.5, 0.6) is 0 Å². The highest BCUT2D eigenvalue weighted by molar-refractivity contribution is 4.81. The van der Waals surface area contributed by atoms with Crippen molar-refractivity contribution in [1.82, 2.24) is 10.2 Å². The summed E-state index contributed by atoms with van der Waals surface area (Å²) in [6.07, 6.45) is 8.21. The Morgan fingerprint density at radius 3 is 2.61 bits per heavy atom. The second-order valence-corrected chi connectivity index (χ2v) is 6.54. The molecule has 18 heavy (non-hydrogen) atoms. The lowest BCUT2D eigenvalue weighted by Crippen LogP contribution is -2.46. The second-order valence-electron chi connectivity index (χ2n) is 6.54. The molecule has 1 fully saturated rings. The monoisotopic (exact) mass is 254 g/mol. The van der Waals surface area contributed by atoms with Crippen LogP contribution in [-0.4, -0.2) is 36.6 Å². The Morgan fingerprint density at radius 1 is 1.28 bits per heavy atom. The Hall–Kier alpha value is -0.0800. The van der Waals surface area contributed by atoms with E-state index in [0.717, 1.165) is 18.5 Å². The van der Waals surface area contributed by atoms with Crippen LogP contribution in [0.2, 0.25) is 0 Å². The molecule has 0 radical (unpaired) electrons. The van der Waals surface area contributed by atoms with Crippen LogP contribution in [0.3, 0.4) is 0 Å². The molecular weight excluding hydrogens is 220 g/mol. The molecule has 1 aliphatic carbocycles. The van der Waals surface area contributed by atoms with Crippen molar-refractivity contribution in [3.63, 3.8) is 0 Å². The number of hydrogen-bond donors (Lipinski definition) is 1. The van der Waals surface area contributed by atoms with Crippen molar-refractivity contribution in [3.8, 4) is 0 Å². The first-order chi connectivity index (χ1) is 8.54. The van der Waals surface area contributed by atoms with Gasteiger partial charge in [0.05, 0.1) is 0 Å². The van der Waals surface area contributed by atoms with E-state index in [1.807, 2.05) is 0 Å². The van der Waals surface area contributed by atoms with Gasteiger partial charge < -0.3 is 5.32 Å². The number of hydrogen-bond acceptors (Lipinski definition) is 2. The molecule has 4 unspecified atom stereocenters. The largest absolute Gasteiger partial charge is 0.313 e. The Labute approximate surface area is 115 Å². The van der Waals surface area contributed by atoms with Crippen LogP contribution in [0.4, 0.5) is 0 Å². The molecule has 1 aliphatic rings. The van der Waals surface area contributed by atoms with Gasteiger partial charge in [-0.15, -0.1) is 0 Å². The first-order valence-corrected chi connectivity index (χ1v) is 7.99. The SMILES string of the molecule is CCCC(C)NCC(C)N(C)C1CCCC(C)C1. The Balaban J connectivity index is 2.29. The van der Waals surface area contributed by atoms with Gasteiger partial charge in [-0.25, -0.2) is 0 Å². The van der Waals surface area contributed by atoms with E-state index in [2.05, 4.69) is 45.0 Å². The average molecular weight is 254 g/mol. The van der Waals surface area contributed by atoms with Crippen molar-refractivity contribution in [3.05, 3.63) is 0 Å². The third kappa shape index (κ3) is 5.27. The number of nitrogens with one attached hydrogen (secondary N) is 1. The van der Waals surface area contributed by atoms with E-state index >= 15 is 0 Å². The summed E-state index contributed by atoms with van der Waals surface area (Å²) in [7, 11) is 2.32. The zero-order valence-corrected chi connectivity index (χ0v) is 13.2. The quantitative estimate of drug-likeness (QED) is 0.746. The molecule has 0 bridgehead atoms. The maximum absolute atomic E-state index is 3.67. The van der Waals surface area contributed by atoms with Gasteiger partial charge in [0.15, 0.2) is 0 Å². The van der Waals surface area contributed by atoms with Gasteiger partial charge in [-0.05, 0) is 46.1 Å². The molecule has 1 rings (SSSR count). The van der Waals surface area contributed by atoms with Crippen molar-refractivity contribution < 1.29 is 0 Å². The van der Waals surface area contributed by atoms with Crippen LogP contribution in [-0.2, 0) is 0 Å². The fourth-order valence-electron chi connectivity index (χ4n) is 3.18. The fourth-order valence-corrected chi connectivity index (χ4v) is 3.18. The van der Waals surface area contributed by atoms with Crippen molar-refractivity contribution in [2.45, 2.75) is 84.3 Å². The minimum atomic E-state index is 0.652. The summed E-state index contributed by atoms with van der Waals surface area (Å²) in [4.78, 5) is 2.61. The summed E-state index contributed by atoms with van der Waals surface area (Å²) in [6.45, 7) is 10.5. The molecule has 0 aromatic heterocycles. The molecule has 2 heteroatoms. The predicted octanol–water partition coefficient (Wildman–Crippen LogP) is 3.66. The van der Waals surface area contributed by atoms with Crippen LogP contribution in [0.1, 0.15) is 66.2 Å². The lowest BCUT2D eigenvalue weighted by Gasteiger charge is -2.38. The summed E-state index contributed by atoms with van der Waals surface area (Å²) in [5.74, 6) is 0.922. The van der Waals surface area contributed by atoms with Gasteiger partial charge in [-0.3, -0.25) is 4.90 Å². The van der Waals surface area contributed by atoms with Crippen molar-refractivity contribution in [2.75, 3.05) is 13.6 Å². The smallest absolute Gasteiger partial charge is 0.0192 e. The molecule has 0 aromatic rings. The van der Waals surface area contributed by atoms with Gasteiger partial charge in [-0.1, -0.05) is 33.1 Å². The highest BCUT2D eigenvalue weighted by Crippen LogP contribution is 2.27. The molecule has 108 valence electrons. The number of likely N-dealkylation sites (N-methyl/N-ethyl adjacent to an activating group) is 1. The van der Waals surface area contributed by atoms with Crippen molar-refractivity contribution >= 4 is 0 Å². The van der Waals surface area contributed by atoms with E-state index in [-0.39, 0.29) is 0 Å². The molecule has 1 N–H and O–H groups in total. The second kappa shape index (κ2) is 8.16. The van der Waals surface area contributed by atoms with Gasteiger partial charge in [0, 0.05) is 24.7 Å². The molecule has 0 aromatic carbocycles. The van der Waals surface area contributed by atoms with E-state index in [1.165, 1.54) is 38.5 Å². The highest BCUT2D eigenvalue weighted by Gasteiger charge is 2.25. The van der Waals surface area contributed by atoms with E-state index < -0.39 is 0 Å². The maximum atomic E-state index is 3.67. The molecular formula is C16H34N2. The topological polar surface area (TPSA) is 15.3 Å². The minimum Gasteiger partial charge on any atom is -0.313 e. The van der Waals surface area contributed by atoms with Gasteiger partial charge in [-0.2, -0.15) is 0 Å². The van der Waals surface area contributed by atoms with E-state index in [1.54, 1.807) is 0 Å². The summed E-state index contributed by atoms with van der Waals surface area (Å²) >= 11 is 0. The fraction of sp³-hybridized carbons (Fsp3) is 1.00. The van der Waals surface area contributed by atoms with E-state index in [0.29, 0.717) is 12.1 Å². The molecule has 0 saturated heterocycles. The normalized spacial score (nSPS) is 28.3. The molecule has 0 spiro atoms. The predicted molar refractivity (Wildman–Crippen MR) is 81.0 cm³/mol. The Kier molecular flexibility index (Phi) is 7.25. The third-order valence-corrected chi connectivity index (χ3v) is 4.66. The van der Waals surface area contributed by atoms with Crippen LogP contribution >= 0.6 is 0 Å². The van der Waals surface area contributed by atoms with E-state index in [9.17, 15) is 0 Å². The van der Waals surface area contributed by atoms with Gasteiger partial charge in [0.1, 0.15) is 0 Å². The van der Waals surface area contributed by atoms with Crippen molar-refractivity contribution in [2.24, 2.45) is 5.92 Å². The minimum absolute atomic E-state index is 0.652. The first kappa shape index (κ1) is 16.0. The molecule has 1 saturated carbocycles. The molecule has 0 amide bonds.